The minimum Gasteiger partial charge on any atom is -0.373 e. The number of carbonyl (C=O) groups excluding carboxylic acids is 1. The van der Waals surface area contributed by atoms with Crippen LogP contribution in [-0.2, 0) is 11.3 Å². The molecule has 0 fully saturated rings. The van der Waals surface area contributed by atoms with Gasteiger partial charge >= 0.3 is 0 Å². The molecule has 0 saturated heterocycles. The summed E-state index contributed by atoms with van der Waals surface area (Å²) in [5.41, 5.74) is 1.81. The highest BCUT2D eigenvalue weighted by atomic mass is 16.2. The molecule has 106 valence electrons. The topological polar surface area (TPSA) is 93.2 Å². The van der Waals surface area contributed by atoms with E-state index in [1.165, 1.54) is 10.7 Å². The average molecular weight is 267 g/mol. The van der Waals surface area contributed by atoms with Gasteiger partial charge in [-0.25, -0.2) is 10.5 Å². The van der Waals surface area contributed by atoms with E-state index in [9.17, 15) is 9.59 Å². The number of hydrogen-bond acceptors (Lipinski definition) is 5. The Hall–Kier alpha value is -1.89. The van der Waals surface area contributed by atoms with Crippen molar-refractivity contribution < 1.29 is 4.79 Å². The van der Waals surface area contributed by atoms with Crippen molar-refractivity contribution >= 4 is 11.6 Å². The van der Waals surface area contributed by atoms with E-state index < -0.39 is 5.41 Å². The molecule has 7 heteroatoms. The highest BCUT2D eigenvalue weighted by Gasteiger charge is 2.28. The summed E-state index contributed by atoms with van der Waals surface area (Å²) in [5.74, 6) is 4.78. The number of carbonyl (C=O) groups is 1. The van der Waals surface area contributed by atoms with Gasteiger partial charge in [-0.2, -0.15) is 5.10 Å². The van der Waals surface area contributed by atoms with Crippen molar-refractivity contribution in [3.8, 4) is 0 Å². The van der Waals surface area contributed by atoms with Gasteiger partial charge < -0.3 is 4.90 Å². The lowest BCUT2D eigenvalue weighted by molar-refractivity contribution is -0.130. The maximum absolute atomic E-state index is 12.0. The van der Waals surface area contributed by atoms with E-state index in [2.05, 4.69) is 10.5 Å². The van der Waals surface area contributed by atoms with Gasteiger partial charge in [-0.05, 0) is 20.8 Å². The number of anilines is 1. The Bertz CT molecular complexity index is 509. The Balaban J connectivity index is 2.98. The van der Waals surface area contributed by atoms with Crippen LogP contribution in [0.5, 0.6) is 0 Å². The van der Waals surface area contributed by atoms with Crippen LogP contribution in [0, 0.1) is 5.41 Å². The summed E-state index contributed by atoms with van der Waals surface area (Å²) in [6.07, 6.45) is 1.61. The van der Waals surface area contributed by atoms with Crippen LogP contribution in [0.2, 0.25) is 0 Å². The number of hydrazine groups is 1. The molecule has 19 heavy (non-hydrogen) atoms. The van der Waals surface area contributed by atoms with Crippen molar-refractivity contribution in [3.63, 3.8) is 0 Å². The first-order chi connectivity index (χ1) is 8.81. The fourth-order valence-corrected chi connectivity index (χ4v) is 1.58. The molecule has 1 rings (SSSR count). The fourth-order valence-electron chi connectivity index (χ4n) is 1.58. The molecule has 0 bridgehead atoms. The van der Waals surface area contributed by atoms with Crippen molar-refractivity contribution in [2.75, 3.05) is 18.5 Å². The monoisotopic (exact) mass is 267 g/mol. The van der Waals surface area contributed by atoms with Gasteiger partial charge in [-0.15, -0.1) is 0 Å². The molecule has 1 amide bonds. The molecule has 0 atom stereocenters. The molecule has 0 radical (unpaired) electrons. The van der Waals surface area contributed by atoms with E-state index in [0.29, 0.717) is 0 Å². The van der Waals surface area contributed by atoms with Crippen LogP contribution in [0.3, 0.4) is 0 Å². The SMILES string of the molecule is CCN(C)c1cnn(CC(C)(C)C(=O)NN)c(=O)c1. The summed E-state index contributed by atoms with van der Waals surface area (Å²) >= 11 is 0. The predicted molar refractivity (Wildman–Crippen MR) is 73.6 cm³/mol. The quantitative estimate of drug-likeness (QED) is 0.434. The van der Waals surface area contributed by atoms with Crippen LogP contribution in [0.15, 0.2) is 17.1 Å². The van der Waals surface area contributed by atoms with Gasteiger partial charge in [-0.1, -0.05) is 0 Å². The van der Waals surface area contributed by atoms with Crippen LogP contribution in [0.25, 0.3) is 0 Å². The molecule has 7 nitrogen and oxygen atoms in total. The molecule has 3 N–H and O–H groups in total. The molecular weight excluding hydrogens is 246 g/mol. The zero-order chi connectivity index (χ0) is 14.6. The Morgan fingerprint density at radius 1 is 1.58 bits per heavy atom. The van der Waals surface area contributed by atoms with E-state index in [-0.39, 0.29) is 18.0 Å². The zero-order valence-electron chi connectivity index (χ0n) is 11.8. The van der Waals surface area contributed by atoms with E-state index in [4.69, 9.17) is 5.84 Å². The standard InChI is InChI=1S/C12H21N5O2/c1-5-16(4)9-6-10(18)17(14-7-9)8-12(2,3)11(19)15-13/h6-7H,5,8,13H2,1-4H3,(H,15,19). The highest BCUT2D eigenvalue weighted by molar-refractivity contribution is 5.81. The molecule has 0 aliphatic heterocycles. The lowest BCUT2D eigenvalue weighted by Crippen LogP contribution is -2.45. The number of nitrogens with two attached hydrogens (primary N) is 1. The van der Waals surface area contributed by atoms with E-state index in [0.717, 1.165) is 12.2 Å². The predicted octanol–water partition coefficient (Wildman–Crippen LogP) is -0.284. The maximum atomic E-state index is 12.0. The number of amides is 1. The summed E-state index contributed by atoms with van der Waals surface area (Å²) in [7, 11) is 1.88. The summed E-state index contributed by atoms with van der Waals surface area (Å²) in [4.78, 5) is 25.5. The molecule has 0 spiro atoms. The first-order valence-corrected chi connectivity index (χ1v) is 6.11. The van der Waals surface area contributed by atoms with Crippen LogP contribution >= 0.6 is 0 Å². The summed E-state index contributed by atoms with van der Waals surface area (Å²) in [6, 6.07) is 1.51. The summed E-state index contributed by atoms with van der Waals surface area (Å²) in [6.45, 7) is 6.35. The molecule has 1 heterocycles. The van der Waals surface area contributed by atoms with Gasteiger partial charge in [0.1, 0.15) is 0 Å². The molecule has 1 aromatic heterocycles. The maximum Gasteiger partial charge on any atom is 0.268 e. The zero-order valence-corrected chi connectivity index (χ0v) is 11.8. The second-order valence-corrected chi connectivity index (χ2v) is 5.08. The van der Waals surface area contributed by atoms with Gasteiger partial charge in [-0.3, -0.25) is 15.0 Å². The lowest BCUT2D eigenvalue weighted by Gasteiger charge is -2.23. The van der Waals surface area contributed by atoms with Crippen LogP contribution in [0.4, 0.5) is 5.69 Å². The van der Waals surface area contributed by atoms with Crippen LogP contribution in [0.1, 0.15) is 20.8 Å². The Morgan fingerprint density at radius 3 is 2.68 bits per heavy atom. The van der Waals surface area contributed by atoms with E-state index >= 15 is 0 Å². The lowest BCUT2D eigenvalue weighted by atomic mass is 9.93. The van der Waals surface area contributed by atoms with Gasteiger partial charge in [0, 0.05) is 19.7 Å². The minimum atomic E-state index is -0.802. The third-order valence-electron chi connectivity index (χ3n) is 3.06. The van der Waals surface area contributed by atoms with Crippen molar-refractivity contribution in [3.05, 3.63) is 22.6 Å². The molecule has 0 saturated carbocycles. The second kappa shape index (κ2) is 5.83. The van der Waals surface area contributed by atoms with Crippen molar-refractivity contribution in [2.24, 2.45) is 11.3 Å². The van der Waals surface area contributed by atoms with Crippen molar-refractivity contribution in [1.82, 2.24) is 15.2 Å². The molecule has 1 aromatic rings. The van der Waals surface area contributed by atoms with Gasteiger partial charge in [0.25, 0.3) is 5.56 Å². The second-order valence-electron chi connectivity index (χ2n) is 5.08. The van der Waals surface area contributed by atoms with Crippen molar-refractivity contribution in [2.45, 2.75) is 27.3 Å². The largest absolute Gasteiger partial charge is 0.373 e. The average Bonchev–Trinajstić information content (AvgIpc) is 2.38. The minimum absolute atomic E-state index is 0.172. The first-order valence-electron chi connectivity index (χ1n) is 6.11. The van der Waals surface area contributed by atoms with Gasteiger partial charge in [0.15, 0.2) is 0 Å². The third-order valence-corrected chi connectivity index (χ3v) is 3.06. The number of nitrogens with zero attached hydrogens (tertiary/aromatic N) is 3. The summed E-state index contributed by atoms with van der Waals surface area (Å²) < 4.78 is 1.27. The van der Waals surface area contributed by atoms with E-state index in [1.807, 2.05) is 18.9 Å². The van der Waals surface area contributed by atoms with Gasteiger partial charge in [0.05, 0.1) is 23.8 Å². The number of hydrogen-bond donors (Lipinski definition) is 2. The summed E-state index contributed by atoms with van der Waals surface area (Å²) in [5, 5.41) is 4.09. The van der Waals surface area contributed by atoms with Gasteiger partial charge in [0.2, 0.25) is 5.91 Å². The molecule has 0 unspecified atom stereocenters. The first kappa shape index (κ1) is 15.2. The Morgan fingerprint density at radius 2 is 2.21 bits per heavy atom. The Kier molecular flexibility index (Phi) is 4.66. The smallest absolute Gasteiger partial charge is 0.268 e. The third kappa shape index (κ3) is 3.54. The number of aromatic nitrogens is 2. The molecule has 0 aliphatic carbocycles. The number of rotatable bonds is 5. The fraction of sp³-hybridized carbons (Fsp3) is 0.583. The van der Waals surface area contributed by atoms with Crippen LogP contribution < -0.4 is 21.7 Å². The van der Waals surface area contributed by atoms with Crippen LogP contribution in [-0.4, -0.2) is 29.3 Å². The molecule has 0 aromatic carbocycles. The number of nitrogens with one attached hydrogen (secondary N) is 1. The Labute approximate surface area is 112 Å². The molecular formula is C12H21N5O2. The normalized spacial score (nSPS) is 11.2. The van der Waals surface area contributed by atoms with E-state index in [1.54, 1.807) is 20.0 Å². The molecule has 0 aliphatic rings. The van der Waals surface area contributed by atoms with Crippen molar-refractivity contribution in [1.29, 1.82) is 0 Å². The highest BCUT2D eigenvalue weighted by Crippen LogP contribution is 2.16.